The Labute approximate surface area is 245 Å². The van der Waals surface area contributed by atoms with Gasteiger partial charge in [0.05, 0.1) is 46.9 Å². The van der Waals surface area contributed by atoms with Crippen molar-refractivity contribution in [3.05, 3.63) is 69.8 Å². The van der Waals surface area contributed by atoms with Crippen LogP contribution in [0.3, 0.4) is 0 Å². The van der Waals surface area contributed by atoms with Crippen LogP contribution < -0.4 is 0 Å². The lowest BCUT2D eigenvalue weighted by Crippen LogP contribution is -2.54. The second-order valence-electron chi connectivity index (χ2n) is 11.0. The van der Waals surface area contributed by atoms with Crippen LogP contribution in [0.15, 0.2) is 47.5 Å². The maximum Gasteiger partial charge on any atom is 0.416 e. The van der Waals surface area contributed by atoms with Crippen LogP contribution in [0.4, 0.5) is 35.9 Å². The molecule has 0 unspecified atom stereocenters. The minimum absolute atomic E-state index is 0.0786. The first kappa shape index (κ1) is 31.9. The second-order valence-corrected chi connectivity index (χ2v) is 11.9. The van der Waals surface area contributed by atoms with E-state index in [2.05, 4.69) is 5.10 Å². The number of carboxylic acid groups (broad SMARTS) is 1. The fourth-order valence-corrected chi connectivity index (χ4v) is 5.78. The third-order valence-corrected chi connectivity index (χ3v) is 7.62. The van der Waals surface area contributed by atoms with Crippen molar-refractivity contribution < 1.29 is 45.8 Å². The van der Waals surface area contributed by atoms with E-state index in [1.54, 1.807) is 39.8 Å². The Bertz CT molecular complexity index is 1620. The monoisotopic (exact) mass is 628 g/mol. The van der Waals surface area contributed by atoms with Crippen LogP contribution in [-0.2, 0) is 23.7 Å². The zero-order valence-electron chi connectivity index (χ0n) is 23.2. The van der Waals surface area contributed by atoms with E-state index in [-0.39, 0.29) is 17.5 Å². The Balaban J connectivity index is 1.57. The number of nitrogens with zero attached hydrogens (tertiary/aromatic N) is 4. The van der Waals surface area contributed by atoms with E-state index in [1.807, 2.05) is 0 Å². The highest BCUT2D eigenvalue weighted by Gasteiger charge is 2.40. The Hall–Kier alpha value is -4.01. The van der Waals surface area contributed by atoms with Crippen molar-refractivity contribution in [3.63, 3.8) is 0 Å². The maximum atomic E-state index is 13.6. The molecule has 0 saturated carbocycles. The second kappa shape index (κ2) is 11.2. The van der Waals surface area contributed by atoms with E-state index >= 15 is 0 Å². The lowest BCUT2D eigenvalue weighted by molar-refractivity contribution is -0.143. The van der Waals surface area contributed by atoms with Gasteiger partial charge in [0.1, 0.15) is 0 Å². The molecule has 0 aliphatic carbocycles. The number of aromatic nitrogens is 2. The van der Waals surface area contributed by atoms with E-state index in [4.69, 9.17) is 0 Å². The van der Waals surface area contributed by atoms with Crippen molar-refractivity contribution >= 4 is 46.0 Å². The van der Waals surface area contributed by atoms with Crippen molar-refractivity contribution in [2.75, 3.05) is 6.54 Å². The maximum absolute atomic E-state index is 13.6. The number of imide groups is 1. The number of alkyl halides is 6. The van der Waals surface area contributed by atoms with Crippen LogP contribution in [0.1, 0.15) is 49.9 Å². The minimum Gasteiger partial charge on any atom is -0.465 e. The summed E-state index contributed by atoms with van der Waals surface area (Å²) in [4.78, 5) is 39.7. The first-order valence-electron chi connectivity index (χ1n) is 12.8. The van der Waals surface area contributed by atoms with E-state index < -0.39 is 64.4 Å². The van der Waals surface area contributed by atoms with Gasteiger partial charge in [-0.2, -0.15) is 31.4 Å². The molecule has 3 aromatic rings. The van der Waals surface area contributed by atoms with Gasteiger partial charge in [0.15, 0.2) is 0 Å². The first-order chi connectivity index (χ1) is 19.8. The molecule has 4 rings (SSSR count). The zero-order valence-corrected chi connectivity index (χ0v) is 24.1. The van der Waals surface area contributed by atoms with E-state index in [1.165, 1.54) is 23.0 Å². The summed E-state index contributed by atoms with van der Waals surface area (Å²) >= 11 is 0.690. The third kappa shape index (κ3) is 6.81. The summed E-state index contributed by atoms with van der Waals surface area (Å²) in [6.07, 6.45) is -8.32. The van der Waals surface area contributed by atoms with Gasteiger partial charge < -0.3 is 5.11 Å². The summed E-state index contributed by atoms with van der Waals surface area (Å²) in [5.74, 6) is -0.598. The largest absolute Gasteiger partial charge is 0.465 e. The predicted molar refractivity (Wildman–Crippen MR) is 147 cm³/mol. The van der Waals surface area contributed by atoms with Crippen LogP contribution in [0.2, 0.25) is 0 Å². The minimum atomic E-state index is -5.02. The molecule has 1 fully saturated rings. The third-order valence-electron chi connectivity index (χ3n) is 6.72. The molecule has 1 saturated heterocycles. The number of fused-ring (bicyclic) bond motifs is 1. The van der Waals surface area contributed by atoms with E-state index in [0.29, 0.717) is 34.3 Å². The predicted octanol–water partition coefficient (Wildman–Crippen LogP) is 7.33. The number of hydrogen-bond acceptors (Lipinski definition) is 5. The zero-order chi connectivity index (χ0) is 32.1. The van der Waals surface area contributed by atoms with Crippen molar-refractivity contribution in [3.8, 4) is 0 Å². The summed E-state index contributed by atoms with van der Waals surface area (Å²) in [6.45, 7) is 6.09. The standard InChI is InChI=1S/C28H26F6N4O4S/c1-15(38(24(40)41)26(2,3)4)13-36-23(39)22(43-25(36)42)10-16-5-8-21-18(9-16)12-35-37(21)14-17-6-7-19(27(29,30)31)11-20(17)28(32,33)34/h5-12,15H,13-14H2,1-4H3,(H,40,41)/t15-/m1/s1. The van der Waals surface area contributed by atoms with Crippen LogP contribution >= 0.6 is 11.8 Å². The average molecular weight is 629 g/mol. The van der Waals surface area contributed by atoms with Crippen LogP contribution in [0, 0.1) is 0 Å². The fraction of sp³-hybridized carbons (Fsp3) is 0.357. The van der Waals surface area contributed by atoms with E-state index in [9.17, 15) is 45.8 Å². The highest BCUT2D eigenvalue weighted by molar-refractivity contribution is 8.18. The topological polar surface area (TPSA) is 95.7 Å². The molecule has 8 nitrogen and oxygen atoms in total. The quantitative estimate of drug-likeness (QED) is 0.227. The molecule has 0 spiro atoms. The molecule has 1 aromatic heterocycles. The number of benzene rings is 2. The Morgan fingerprint density at radius 3 is 2.30 bits per heavy atom. The molecule has 2 heterocycles. The smallest absolute Gasteiger partial charge is 0.416 e. The summed E-state index contributed by atoms with van der Waals surface area (Å²) in [6, 6.07) is 5.45. The molecule has 3 amide bonds. The number of halogens is 6. The van der Waals surface area contributed by atoms with Crippen LogP contribution in [0.5, 0.6) is 0 Å². The molecular weight excluding hydrogens is 602 g/mol. The van der Waals surface area contributed by atoms with Crippen molar-refractivity contribution in [1.82, 2.24) is 19.6 Å². The number of carbonyl (C=O) groups excluding carboxylic acids is 2. The summed E-state index contributed by atoms with van der Waals surface area (Å²) in [7, 11) is 0. The molecular formula is C28H26F6N4O4S. The van der Waals surface area contributed by atoms with Gasteiger partial charge in [-0.1, -0.05) is 12.1 Å². The van der Waals surface area contributed by atoms with Crippen molar-refractivity contribution in [1.29, 1.82) is 0 Å². The summed E-state index contributed by atoms with van der Waals surface area (Å²) in [5, 5.41) is 13.6. The number of thioether (sulfide) groups is 1. The lowest BCUT2D eigenvalue weighted by atomic mass is 10.0. The first-order valence-corrected chi connectivity index (χ1v) is 13.6. The SMILES string of the molecule is C[C@H](CN1C(=O)SC(=Cc2ccc3c(cnn3Cc3ccc(C(F)(F)F)cc3C(F)(F)F)c2)C1=O)N(C(=O)O)C(C)(C)C. The molecule has 15 heteroatoms. The molecule has 230 valence electrons. The molecule has 2 aromatic carbocycles. The highest BCUT2D eigenvalue weighted by Crippen LogP contribution is 2.38. The van der Waals surface area contributed by atoms with Gasteiger partial charge in [-0.25, -0.2) is 4.79 Å². The van der Waals surface area contributed by atoms with Gasteiger partial charge in [-0.3, -0.25) is 24.1 Å². The molecule has 1 atom stereocenters. The number of amides is 3. The van der Waals surface area contributed by atoms with Crippen LogP contribution in [-0.4, -0.2) is 60.1 Å². The fourth-order valence-electron chi connectivity index (χ4n) is 4.93. The van der Waals surface area contributed by atoms with Crippen molar-refractivity contribution in [2.24, 2.45) is 0 Å². The van der Waals surface area contributed by atoms with Gasteiger partial charge in [-0.05, 0) is 80.9 Å². The van der Waals surface area contributed by atoms with Gasteiger partial charge in [0.2, 0.25) is 0 Å². The summed E-state index contributed by atoms with van der Waals surface area (Å²) < 4.78 is 81.1. The summed E-state index contributed by atoms with van der Waals surface area (Å²) in [5.41, 5.74) is -3.12. The molecule has 1 aliphatic heterocycles. The number of rotatable bonds is 6. The van der Waals surface area contributed by atoms with E-state index in [0.717, 1.165) is 15.9 Å². The van der Waals surface area contributed by atoms with Crippen molar-refractivity contribution in [2.45, 2.75) is 58.2 Å². The Morgan fingerprint density at radius 1 is 1.05 bits per heavy atom. The average Bonchev–Trinajstić information content (AvgIpc) is 3.37. The van der Waals surface area contributed by atoms with Gasteiger partial charge in [-0.15, -0.1) is 0 Å². The normalized spacial score (nSPS) is 16.4. The molecule has 0 radical (unpaired) electrons. The molecule has 1 N–H and O–H groups in total. The Kier molecular flexibility index (Phi) is 8.35. The van der Waals surface area contributed by atoms with Crippen LogP contribution in [0.25, 0.3) is 17.0 Å². The number of carbonyl (C=O) groups is 3. The highest BCUT2D eigenvalue weighted by atomic mass is 32.2. The van der Waals surface area contributed by atoms with Gasteiger partial charge in [0.25, 0.3) is 11.1 Å². The lowest BCUT2D eigenvalue weighted by Gasteiger charge is -2.38. The molecule has 1 aliphatic rings. The van der Waals surface area contributed by atoms with Gasteiger partial charge in [0, 0.05) is 10.9 Å². The number of hydrogen-bond donors (Lipinski definition) is 1. The van der Waals surface area contributed by atoms with Gasteiger partial charge >= 0.3 is 18.4 Å². The molecule has 0 bridgehead atoms. The Morgan fingerprint density at radius 2 is 1.72 bits per heavy atom. The molecule has 43 heavy (non-hydrogen) atoms.